The lowest BCUT2D eigenvalue weighted by Crippen LogP contribution is -2.48. The van der Waals surface area contributed by atoms with E-state index in [1.807, 2.05) is 19.1 Å². The number of anilines is 5. The lowest BCUT2D eigenvalue weighted by molar-refractivity contribution is -0.115. The van der Waals surface area contributed by atoms with Gasteiger partial charge in [-0.2, -0.15) is 43.6 Å². The zero-order valence-electron chi connectivity index (χ0n) is 28.7. The van der Waals surface area contributed by atoms with E-state index in [4.69, 9.17) is 63.3 Å². The number of alkyl halides is 1. The summed E-state index contributed by atoms with van der Waals surface area (Å²) in [6.07, 6.45) is 0. The van der Waals surface area contributed by atoms with Gasteiger partial charge >= 0.3 is 10.2 Å². The average Bonchev–Trinajstić information content (AvgIpc) is 3.05. The highest BCUT2D eigenvalue weighted by atomic mass is 35.5. The molecule has 3 heterocycles. The number of benzene rings is 2. The number of aromatic nitrogens is 6. The second kappa shape index (κ2) is 20.7. The minimum absolute atomic E-state index is 0.0227. The quantitative estimate of drug-likeness (QED) is 0.125. The summed E-state index contributed by atoms with van der Waals surface area (Å²) < 4.78 is 26.8. The largest absolute Gasteiger partial charge is 0.369 e. The first-order valence-electron chi connectivity index (χ1n) is 15.1. The summed E-state index contributed by atoms with van der Waals surface area (Å²) in [5.74, 6) is -0.129. The lowest BCUT2D eigenvalue weighted by Gasteiger charge is -2.31. The molecule has 284 valence electrons. The van der Waals surface area contributed by atoms with Gasteiger partial charge in [0.25, 0.3) is 5.91 Å². The predicted molar refractivity (Wildman–Crippen MR) is 207 cm³/mol. The number of hydrogen-bond acceptors (Lipinski definition) is 14. The number of hydrogen-bond donors (Lipinski definition) is 5. The van der Waals surface area contributed by atoms with Crippen LogP contribution in [0.3, 0.4) is 0 Å². The molecule has 2 aromatic heterocycles. The molecule has 0 fully saturated rings. The first-order valence-corrected chi connectivity index (χ1v) is 18.5. The molecular formula is C30H34Cl5N13O4S. The zero-order chi connectivity index (χ0) is 39.9. The molecule has 4 aromatic rings. The topological polar surface area (TPSA) is 247 Å². The van der Waals surface area contributed by atoms with E-state index in [0.717, 1.165) is 4.31 Å². The van der Waals surface area contributed by atoms with Crippen LogP contribution in [0.15, 0.2) is 48.5 Å². The van der Waals surface area contributed by atoms with E-state index in [-0.39, 0.29) is 33.6 Å². The number of primary amides is 1. The van der Waals surface area contributed by atoms with Crippen molar-refractivity contribution in [2.75, 3.05) is 33.1 Å². The van der Waals surface area contributed by atoms with E-state index in [1.165, 1.54) is 0 Å². The van der Waals surface area contributed by atoms with Crippen molar-refractivity contribution in [3.63, 3.8) is 0 Å². The van der Waals surface area contributed by atoms with Gasteiger partial charge in [-0.1, -0.05) is 35.9 Å². The summed E-state index contributed by atoms with van der Waals surface area (Å²) in [5.41, 5.74) is 5.15. The molecule has 1 aliphatic rings. The van der Waals surface area contributed by atoms with Crippen LogP contribution in [0.5, 0.6) is 0 Å². The Morgan fingerprint density at radius 3 is 2.00 bits per heavy atom. The van der Waals surface area contributed by atoms with E-state index in [1.54, 1.807) is 64.1 Å². The molecule has 1 aliphatic heterocycles. The van der Waals surface area contributed by atoms with Gasteiger partial charge in [0, 0.05) is 12.6 Å². The summed E-state index contributed by atoms with van der Waals surface area (Å²) in [6.45, 7) is 9.36. The van der Waals surface area contributed by atoms with Gasteiger partial charge in [0.15, 0.2) is 0 Å². The minimum Gasteiger partial charge on any atom is -0.369 e. The third kappa shape index (κ3) is 14.8. The Morgan fingerprint density at radius 2 is 1.45 bits per heavy atom. The number of carbonyl (C=O) groups is 2. The van der Waals surface area contributed by atoms with E-state index >= 15 is 0 Å². The fourth-order valence-corrected chi connectivity index (χ4v) is 5.83. The number of amides is 2. The molecule has 0 aliphatic carbocycles. The van der Waals surface area contributed by atoms with E-state index in [0.29, 0.717) is 34.5 Å². The molecule has 0 radical (unpaired) electrons. The van der Waals surface area contributed by atoms with Gasteiger partial charge in [-0.05, 0) is 93.7 Å². The van der Waals surface area contributed by atoms with Crippen molar-refractivity contribution in [1.82, 2.24) is 34.2 Å². The first kappa shape index (κ1) is 44.7. The van der Waals surface area contributed by atoms with Gasteiger partial charge in [-0.3, -0.25) is 14.3 Å². The first-order chi connectivity index (χ1) is 24.8. The van der Waals surface area contributed by atoms with Crippen molar-refractivity contribution in [3.8, 4) is 6.07 Å². The summed E-state index contributed by atoms with van der Waals surface area (Å²) >= 11 is 27.8. The van der Waals surface area contributed by atoms with Crippen LogP contribution in [0.25, 0.3) is 0 Å². The van der Waals surface area contributed by atoms with Crippen LogP contribution in [-0.4, -0.2) is 78.4 Å². The lowest BCUT2D eigenvalue weighted by atomic mass is 10.1. The van der Waals surface area contributed by atoms with E-state index < -0.39 is 33.6 Å². The second-order valence-corrected chi connectivity index (χ2v) is 14.1. The number of nitrogens with zero attached hydrogens (tertiary/aromatic N) is 8. The molecule has 17 nitrogen and oxygen atoms in total. The number of nitrogens with two attached hydrogens (primary N) is 1. The number of para-hydroxylation sites is 2. The Balaban J connectivity index is 0.000000258. The average molecular weight is 850 g/mol. The van der Waals surface area contributed by atoms with Crippen molar-refractivity contribution in [2.45, 2.75) is 46.2 Å². The van der Waals surface area contributed by atoms with Crippen molar-refractivity contribution < 1.29 is 18.0 Å². The molecule has 2 amide bonds. The third-order valence-corrected chi connectivity index (χ3v) is 8.49. The Morgan fingerprint density at radius 1 is 0.925 bits per heavy atom. The summed E-state index contributed by atoms with van der Waals surface area (Å²) in [6, 6.07) is 15.4. The number of fused-ring (bicyclic) bond motifs is 1. The van der Waals surface area contributed by atoms with Gasteiger partial charge in [0.05, 0.1) is 28.0 Å². The summed E-state index contributed by atoms with van der Waals surface area (Å²) in [5, 5.41) is 18.2. The molecule has 0 saturated heterocycles. The van der Waals surface area contributed by atoms with Crippen LogP contribution in [0.1, 0.15) is 45.0 Å². The molecule has 6 N–H and O–H groups in total. The molecule has 0 saturated carbocycles. The molecular weight excluding hydrogens is 816 g/mol. The molecule has 2 aromatic carbocycles. The van der Waals surface area contributed by atoms with Crippen molar-refractivity contribution in [1.29, 1.82) is 5.26 Å². The van der Waals surface area contributed by atoms with Crippen molar-refractivity contribution in [2.24, 2.45) is 5.73 Å². The van der Waals surface area contributed by atoms with Gasteiger partial charge < -0.3 is 21.7 Å². The fraction of sp³-hybridized carbons (Fsp3) is 0.300. The molecule has 23 heteroatoms. The molecule has 0 unspecified atom stereocenters. The van der Waals surface area contributed by atoms with Gasteiger partial charge in [-0.15, -0.1) is 11.6 Å². The van der Waals surface area contributed by atoms with Crippen LogP contribution in [0, 0.1) is 11.3 Å². The SMILES string of the molecule is CC(C)N1C(=O)c2ccccc2NS1(=O)=O.CCNc1nc(Cl)nc(NC(C)(C)C#N)n1.Clc1nc(Cl)nc(Nc2ccccc2Cl)n1.NC(=O)CCl. The van der Waals surface area contributed by atoms with Crippen LogP contribution in [0.2, 0.25) is 20.9 Å². The van der Waals surface area contributed by atoms with Crippen LogP contribution in [-0.2, 0) is 15.0 Å². The van der Waals surface area contributed by atoms with Gasteiger partial charge in [-0.25, -0.2) is 4.31 Å². The Hall–Kier alpha value is -4.51. The monoisotopic (exact) mass is 847 g/mol. The smallest absolute Gasteiger partial charge is 0.326 e. The van der Waals surface area contributed by atoms with Crippen molar-refractivity contribution >= 4 is 109 Å². The van der Waals surface area contributed by atoms with Crippen LogP contribution < -0.4 is 26.4 Å². The third-order valence-electron chi connectivity index (χ3n) is 5.80. The maximum Gasteiger partial charge on any atom is 0.326 e. The summed E-state index contributed by atoms with van der Waals surface area (Å²) in [7, 11) is -3.75. The second-order valence-electron chi connectivity index (χ2n) is 10.9. The molecule has 0 atom stereocenters. The Kier molecular flexibility index (Phi) is 17.4. The van der Waals surface area contributed by atoms with Gasteiger partial charge in [0.1, 0.15) is 11.4 Å². The normalized spacial score (nSPS) is 12.5. The highest BCUT2D eigenvalue weighted by Crippen LogP contribution is 2.27. The van der Waals surface area contributed by atoms with Crippen LogP contribution in [0.4, 0.5) is 29.2 Å². The van der Waals surface area contributed by atoms with Crippen molar-refractivity contribution in [3.05, 3.63) is 75.0 Å². The number of carbonyl (C=O) groups excluding carboxylic acids is 2. The Labute approximate surface area is 331 Å². The number of halogens is 5. The fourth-order valence-electron chi connectivity index (χ4n) is 3.70. The molecule has 0 spiro atoms. The molecule has 0 bridgehead atoms. The molecule has 53 heavy (non-hydrogen) atoms. The zero-order valence-corrected chi connectivity index (χ0v) is 33.3. The Bertz CT molecular complexity index is 2020. The summed E-state index contributed by atoms with van der Waals surface area (Å²) in [4.78, 5) is 44.6. The predicted octanol–water partition coefficient (Wildman–Crippen LogP) is 6.16. The maximum absolute atomic E-state index is 12.0. The number of rotatable bonds is 8. The maximum atomic E-state index is 12.0. The minimum atomic E-state index is -3.75. The highest BCUT2D eigenvalue weighted by molar-refractivity contribution is 7.91. The standard InChI is InChI=1S/C10H12N2O3S.C9H5Cl3N4.C9H13ClN6.C2H4ClNO/c1-7(2)12-10(13)8-5-3-4-6-9(8)11-16(12,14)15;10-5-3-1-2-4-6(5)13-9-15-7(11)14-8(12)16-9;1-4-12-7-13-6(10)14-8(15-7)16-9(2,3)5-11;3-1-2(4)5/h3-7,11H,1-2H3;1-4H,(H,13,14,15,16);4H2,1-3H3,(H2,12,13,14,15,16);1H2,(H2,4,5). The van der Waals surface area contributed by atoms with Gasteiger partial charge in [0.2, 0.25) is 39.6 Å². The number of nitrogens with one attached hydrogen (secondary N) is 4. The van der Waals surface area contributed by atoms with Crippen LogP contribution >= 0.6 is 58.0 Å². The van der Waals surface area contributed by atoms with E-state index in [9.17, 15) is 18.0 Å². The molecule has 5 rings (SSSR count). The van der Waals surface area contributed by atoms with E-state index in [2.05, 4.69) is 62.4 Å². The highest BCUT2D eigenvalue weighted by Gasteiger charge is 2.36. The number of nitriles is 1.